The highest BCUT2D eigenvalue weighted by atomic mass is 16.5. The first-order valence-corrected chi connectivity index (χ1v) is 8.11. The van der Waals surface area contributed by atoms with Crippen molar-refractivity contribution in [2.45, 2.75) is 32.2 Å². The first-order valence-electron chi connectivity index (χ1n) is 8.11. The van der Waals surface area contributed by atoms with Gasteiger partial charge in [0.1, 0.15) is 5.75 Å². The van der Waals surface area contributed by atoms with E-state index in [1.54, 1.807) is 6.20 Å². The van der Waals surface area contributed by atoms with Crippen LogP contribution in [0.25, 0.3) is 0 Å². The van der Waals surface area contributed by atoms with Crippen molar-refractivity contribution in [2.24, 2.45) is 0 Å². The number of likely N-dealkylation sites (tertiary alicyclic amines) is 1. The maximum atomic E-state index is 12.4. The maximum absolute atomic E-state index is 12.4. The molecule has 6 nitrogen and oxygen atoms in total. The molecular formula is C17H22N4O2. The van der Waals surface area contributed by atoms with Crippen LogP contribution < -0.4 is 4.74 Å². The minimum atomic E-state index is 0.186. The van der Waals surface area contributed by atoms with Gasteiger partial charge in [-0.3, -0.25) is 4.79 Å². The summed E-state index contributed by atoms with van der Waals surface area (Å²) in [5.41, 5.74) is 1.02. The minimum absolute atomic E-state index is 0.186. The van der Waals surface area contributed by atoms with Crippen molar-refractivity contribution in [2.75, 3.05) is 19.7 Å². The third-order valence-corrected chi connectivity index (χ3v) is 4.22. The Bertz CT molecular complexity index is 617. The highest BCUT2D eigenvalue weighted by Gasteiger charge is 2.24. The van der Waals surface area contributed by atoms with Crippen molar-refractivity contribution in [1.29, 1.82) is 0 Å². The van der Waals surface area contributed by atoms with E-state index in [-0.39, 0.29) is 5.91 Å². The Morgan fingerprint density at radius 1 is 1.26 bits per heavy atom. The second-order valence-electron chi connectivity index (χ2n) is 5.75. The molecule has 0 saturated carbocycles. The summed E-state index contributed by atoms with van der Waals surface area (Å²) in [4.78, 5) is 14.4. The number of nitrogens with zero attached hydrogens (tertiary/aromatic N) is 4. The van der Waals surface area contributed by atoms with E-state index in [9.17, 15) is 4.79 Å². The lowest BCUT2D eigenvalue weighted by atomic mass is 10.0. The van der Waals surface area contributed by atoms with Crippen molar-refractivity contribution in [3.8, 4) is 5.75 Å². The van der Waals surface area contributed by atoms with Gasteiger partial charge < -0.3 is 9.64 Å². The molecule has 0 unspecified atom stereocenters. The molecule has 1 fully saturated rings. The average molecular weight is 314 g/mol. The van der Waals surface area contributed by atoms with Crippen LogP contribution in [0.1, 0.15) is 31.4 Å². The van der Waals surface area contributed by atoms with Crippen molar-refractivity contribution in [3.05, 3.63) is 42.2 Å². The van der Waals surface area contributed by atoms with E-state index in [1.165, 1.54) is 0 Å². The summed E-state index contributed by atoms with van der Waals surface area (Å²) >= 11 is 0. The van der Waals surface area contributed by atoms with Crippen LogP contribution in [0.5, 0.6) is 5.75 Å². The zero-order valence-corrected chi connectivity index (χ0v) is 13.4. The van der Waals surface area contributed by atoms with Gasteiger partial charge in [0.05, 0.1) is 25.3 Å². The number of benzene rings is 1. The van der Waals surface area contributed by atoms with Crippen LogP contribution in [-0.2, 0) is 11.2 Å². The topological polar surface area (TPSA) is 60.2 Å². The van der Waals surface area contributed by atoms with Crippen LogP contribution in [-0.4, -0.2) is 45.5 Å². The Hall–Kier alpha value is -2.37. The Labute approximate surface area is 136 Å². The van der Waals surface area contributed by atoms with Crippen LogP contribution in [0.2, 0.25) is 0 Å². The van der Waals surface area contributed by atoms with E-state index in [0.717, 1.165) is 37.2 Å². The molecule has 2 aromatic rings. The number of carbonyl (C=O) groups is 1. The SMILES string of the molecule is CCOc1ccc(CC(=O)N2CCC(n3ccnn3)CC2)cc1. The summed E-state index contributed by atoms with van der Waals surface area (Å²) in [5.74, 6) is 1.03. The first kappa shape index (κ1) is 15.5. The molecule has 23 heavy (non-hydrogen) atoms. The van der Waals surface area contributed by atoms with Crippen LogP contribution in [0.15, 0.2) is 36.7 Å². The molecule has 122 valence electrons. The van der Waals surface area contributed by atoms with E-state index in [2.05, 4.69) is 10.3 Å². The molecule has 6 heteroatoms. The van der Waals surface area contributed by atoms with Gasteiger partial charge in [-0.05, 0) is 37.5 Å². The molecule has 1 aromatic heterocycles. The number of hydrogen-bond donors (Lipinski definition) is 0. The molecule has 1 amide bonds. The molecule has 1 aliphatic rings. The lowest BCUT2D eigenvalue weighted by Crippen LogP contribution is -2.40. The van der Waals surface area contributed by atoms with Crippen LogP contribution in [0, 0.1) is 0 Å². The molecule has 0 spiro atoms. The Balaban J connectivity index is 1.51. The molecule has 1 aliphatic heterocycles. The lowest BCUT2D eigenvalue weighted by molar-refractivity contribution is -0.131. The van der Waals surface area contributed by atoms with E-state index >= 15 is 0 Å². The maximum Gasteiger partial charge on any atom is 0.226 e. The number of piperidine rings is 1. The zero-order valence-electron chi connectivity index (χ0n) is 13.4. The van der Waals surface area contributed by atoms with Crippen molar-refractivity contribution >= 4 is 5.91 Å². The van der Waals surface area contributed by atoms with Crippen LogP contribution in [0.3, 0.4) is 0 Å². The van der Waals surface area contributed by atoms with Gasteiger partial charge in [0, 0.05) is 19.3 Å². The second kappa shape index (κ2) is 7.26. The number of ether oxygens (including phenoxy) is 1. The van der Waals surface area contributed by atoms with Gasteiger partial charge in [-0.25, -0.2) is 4.68 Å². The lowest BCUT2D eigenvalue weighted by Gasteiger charge is -2.32. The monoisotopic (exact) mass is 314 g/mol. The molecule has 1 aromatic carbocycles. The van der Waals surface area contributed by atoms with E-state index in [0.29, 0.717) is 19.1 Å². The summed E-state index contributed by atoms with van der Waals surface area (Å²) in [6.45, 7) is 4.17. The van der Waals surface area contributed by atoms with Gasteiger partial charge in [-0.2, -0.15) is 0 Å². The predicted octanol–water partition coefficient (Wildman–Crippen LogP) is 2.08. The fourth-order valence-corrected chi connectivity index (χ4v) is 2.95. The number of aromatic nitrogens is 3. The predicted molar refractivity (Wildman–Crippen MR) is 86.2 cm³/mol. The Kier molecular flexibility index (Phi) is 4.90. The fourth-order valence-electron chi connectivity index (χ4n) is 2.95. The van der Waals surface area contributed by atoms with Gasteiger partial charge in [0.25, 0.3) is 0 Å². The molecule has 3 rings (SSSR count). The van der Waals surface area contributed by atoms with Crippen LogP contribution in [0.4, 0.5) is 0 Å². The van der Waals surface area contributed by atoms with Crippen molar-refractivity contribution in [1.82, 2.24) is 19.9 Å². The Morgan fingerprint density at radius 2 is 2.00 bits per heavy atom. The quantitative estimate of drug-likeness (QED) is 0.848. The molecule has 0 aliphatic carbocycles. The molecule has 0 atom stereocenters. The van der Waals surface area contributed by atoms with Gasteiger partial charge in [0.15, 0.2) is 0 Å². The number of carbonyl (C=O) groups excluding carboxylic acids is 1. The number of hydrogen-bond acceptors (Lipinski definition) is 4. The fraction of sp³-hybridized carbons (Fsp3) is 0.471. The molecular weight excluding hydrogens is 292 g/mol. The summed E-state index contributed by atoms with van der Waals surface area (Å²) in [5, 5.41) is 7.90. The van der Waals surface area contributed by atoms with E-state index < -0.39 is 0 Å². The summed E-state index contributed by atoms with van der Waals surface area (Å²) < 4.78 is 7.32. The summed E-state index contributed by atoms with van der Waals surface area (Å²) in [6, 6.07) is 8.12. The normalized spacial score (nSPS) is 15.6. The highest BCUT2D eigenvalue weighted by molar-refractivity contribution is 5.78. The summed E-state index contributed by atoms with van der Waals surface area (Å²) in [7, 11) is 0. The van der Waals surface area contributed by atoms with Gasteiger partial charge in [0.2, 0.25) is 5.91 Å². The number of amides is 1. The highest BCUT2D eigenvalue weighted by Crippen LogP contribution is 2.22. The zero-order chi connectivity index (χ0) is 16.1. The average Bonchev–Trinajstić information content (AvgIpc) is 3.11. The second-order valence-corrected chi connectivity index (χ2v) is 5.75. The third kappa shape index (κ3) is 3.88. The van der Waals surface area contributed by atoms with Crippen LogP contribution >= 0.6 is 0 Å². The molecule has 0 N–H and O–H groups in total. The van der Waals surface area contributed by atoms with Gasteiger partial charge >= 0.3 is 0 Å². The largest absolute Gasteiger partial charge is 0.494 e. The third-order valence-electron chi connectivity index (χ3n) is 4.22. The Morgan fingerprint density at radius 3 is 2.61 bits per heavy atom. The van der Waals surface area contributed by atoms with Gasteiger partial charge in [-0.15, -0.1) is 5.10 Å². The smallest absolute Gasteiger partial charge is 0.226 e. The van der Waals surface area contributed by atoms with Crippen molar-refractivity contribution in [3.63, 3.8) is 0 Å². The standard InChI is InChI=1S/C17H22N4O2/c1-2-23-16-5-3-14(4-6-16)13-17(22)20-10-7-15(8-11-20)21-12-9-18-19-21/h3-6,9,12,15H,2,7-8,10-11,13H2,1H3. The van der Waals surface area contributed by atoms with Gasteiger partial charge in [-0.1, -0.05) is 17.3 Å². The summed E-state index contributed by atoms with van der Waals surface area (Å²) in [6.07, 6.45) is 5.89. The molecule has 2 heterocycles. The first-order chi connectivity index (χ1) is 11.3. The van der Waals surface area contributed by atoms with E-state index in [4.69, 9.17) is 4.74 Å². The molecule has 1 saturated heterocycles. The molecule has 0 radical (unpaired) electrons. The molecule has 0 bridgehead atoms. The number of rotatable bonds is 5. The van der Waals surface area contributed by atoms with Crippen molar-refractivity contribution < 1.29 is 9.53 Å². The van der Waals surface area contributed by atoms with E-state index in [1.807, 2.05) is 47.0 Å². The minimum Gasteiger partial charge on any atom is -0.494 e.